The number of hydrogen-bond donors (Lipinski definition) is 0. The second kappa shape index (κ2) is 5.80. The molecule has 0 spiro atoms. The summed E-state index contributed by atoms with van der Waals surface area (Å²) in [5.74, 6) is 0. The average Bonchev–Trinajstić information content (AvgIpc) is 3.07. The fourth-order valence-electron chi connectivity index (χ4n) is 3.30. The van der Waals surface area contributed by atoms with E-state index in [2.05, 4.69) is 11.8 Å². The Bertz CT molecular complexity index is 553. The molecule has 0 fully saturated rings. The normalized spacial score (nSPS) is 20.7. The van der Waals surface area contributed by atoms with Crippen molar-refractivity contribution >= 4 is 6.09 Å². The number of nitrogens with zero attached hydrogens (tertiary/aromatic N) is 2. The summed E-state index contributed by atoms with van der Waals surface area (Å²) < 4.78 is 5.00. The van der Waals surface area contributed by atoms with Gasteiger partial charge in [0.2, 0.25) is 0 Å². The van der Waals surface area contributed by atoms with Gasteiger partial charge in [0.1, 0.15) is 0 Å². The van der Waals surface area contributed by atoms with Gasteiger partial charge in [0.25, 0.3) is 0 Å². The van der Waals surface area contributed by atoms with E-state index in [-0.39, 0.29) is 6.09 Å². The quantitative estimate of drug-likeness (QED) is 0.778. The lowest BCUT2D eigenvalue weighted by Crippen LogP contribution is -2.24. The zero-order chi connectivity index (χ0) is 14.8. The molecule has 21 heavy (non-hydrogen) atoms. The first kappa shape index (κ1) is 14.0. The summed E-state index contributed by atoms with van der Waals surface area (Å²) >= 11 is 0. The Morgan fingerprint density at radius 3 is 2.67 bits per heavy atom. The standard InChI is InChI=1S/C17H22N2O2/c1-3-18-12-14-6-5-7-15(14)16(18)13-8-10-19(11-9-13)17(20)21-4-2/h8-11H,3-7,12H2,1-2H3. The minimum atomic E-state index is -0.325. The van der Waals surface area contributed by atoms with Crippen LogP contribution in [0.1, 0.15) is 33.1 Å². The van der Waals surface area contributed by atoms with Crippen molar-refractivity contribution in [3.8, 4) is 0 Å². The molecule has 2 heterocycles. The van der Waals surface area contributed by atoms with Gasteiger partial charge in [0.15, 0.2) is 0 Å². The Balaban J connectivity index is 1.85. The van der Waals surface area contributed by atoms with Crippen molar-refractivity contribution in [1.82, 2.24) is 9.80 Å². The summed E-state index contributed by atoms with van der Waals surface area (Å²) in [4.78, 5) is 15.6. The molecule has 0 N–H and O–H groups in total. The topological polar surface area (TPSA) is 32.8 Å². The molecule has 3 rings (SSSR count). The third-order valence-corrected chi connectivity index (χ3v) is 4.28. The third kappa shape index (κ3) is 2.50. The lowest BCUT2D eigenvalue weighted by atomic mass is 10.0. The first-order valence-corrected chi connectivity index (χ1v) is 7.76. The van der Waals surface area contributed by atoms with Gasteiger partial charge in [-0.2, -0.15) is 0 Å². The third-order valence-electron chi connectivity index (χ3n) is 4.28. The van der Waals surface area contributed by atoms with Crippen molar-refractivity contribution in [3.63, 3.8) is 0 Å². The van der Waals surface area contributed by atoms with E-state index >= 15 is 0 Å². The number of rotatable bonds is 2. The van der Waals surface area contributed by atoms with Crippen LogP contribution in [0.15, 0.2) is 47.0 Å². The summed E-state index contributed by atoms with van der Waals surface area (Å²) in [7, 11) is 0. The summed E-state index contributed by atoms with van der Waals surface area (Å²) in [5.41, 5.74) is 5.70. The van der Waals surface area contributed by atoms with Gasteiger partial charge in [0, 0.05) is 36.8 Å². The Kier molecular flexibility index (Phi) is 3.86. The van der Waals surface area contributed by atoms with Crippen LogP contribution in [0.5, 0.6) is 0 Å². The van der Waals surface area contributed by atoms with Crippen LogP contribution in [-0.4, -0.2) is 35.6 Å². The van der Waals surface area contributed by atoms with Crippen LogP contribution in [0.4, 0.5) is 4.79 Å². The zero-order valence-electron chi connectivity index (χ0n) is 12.8. The van der Waals surface area contributed by atoms with E-state index in [1.807, 2.05) is 19.1 Å². The molecule has 112 valence electrons. The highest BCUT2D eigenvalue weighted by Crippen LogP contribution is 2.41. The van der Waals surface area contributed by atoms with Crippen LogP contribution in [0.3, 0.4) is 0 Å². The smallest absolute Gasteiger partial charge is 0.417 e. The van der Waals surface area contributed by atoms with Crippen LogP contribution in [0.2, 0.25) is 0 Å². The molecule has 4 heteroatoms. The SMILES string of the molecule is CCOC(=O)N1C=CC(=C2C3=C(CCC3)CN2CC)C=C1. The Hall–Kier alpha value is -1.97. The number of carbonyl (C=O) groups excluding carboxylic acids is 1. The second-order valence-electron chi connectivity index (χ2n) is 5.49. The molecule has 0 unspecified atom stereocenters. The molecule has 2 aliphatic heterocycles. The number of hydrogen-bond acceptors (Lipinski definition) is 3. The van der Waals surface area contributed by atoms with Crippen molar-refractivity contribution in [2.24, 2.45) is 0 Å². The molecular weight excluding hydrogens is 264 g/mol. The molecule has 0 atom stereocenters. The minimum absolute atomic E-state index is 0.325. The number of likely N-dealkylation sites (tertiary alicyclic amines) is 1. The van der Waals surface area contributed by atoms with E-state index in [9.17, 15) is 4.79 Å². The number of ether oxygens (including phenoxy) is 1. The van der Waals surface area contributed by atoms with Crippen LogP contribution >= 0.6 is 0 Å². The van der Waals surface area contributed by atoms with E-state index in [0.717, 1.165) is 13.1 Å². The molecule has 0 saturated carbocycles. The molecule has 0 aromatic rings. The van der Waals surface area contributed by atoms with Gasteiger partial charge in [-0.1, -0.05) is 0 Å². The number of amides is 1. The zero-order valence-corrected chi connectivity index (χ0v) is 12.8. The molecule has 0 aromatic carbocycles. The summed E-state index contributed by atoms with van der Waals surface area (Å²) in [6, 6.07) is 0. The van der Waals surface area contributed by atoms with E-state index in [4.69, 9.17) is 4.74 Å². The maximum Gasteiger partial charge on any atom is 0.417 e. The van der Waals surface area contributed by atoms with Crippen LogP contribution in [0, 0.1) is 0 Å². The van der Waals surface area contributed by atoms with Gasteiger partial charge in [-0.05, 0) is 56.4 Å². The molecular formula is C17H22N2O2. The molecule has 0 bridgehead atoms. The molecule has 3 aliphatic rings. The van der Waals surface area contributed by atoms with Crippen molar-refractivity contribution in [3.05, 3.63) is 47.0 Å². The van der Waals surface area contributed by atoms with Gasteiger partial charge >= 0.3 is 6.09 Å². The van der Waals surface area contributed by atoms with Gasteiger partial charge in [-0.3, -0.25) is 4.90 Å². The van der Waals surface area contributed by atoms with Gasteiger partial charge in [-0.25, -0.2) is 4.79 Å². The number of carbonyl (C=O) groups is 1. The first-order chi connectivity index (χ1) is 10.2. The van der Waals surface area contributed by atoms with Crippen LogP contribution < -0.4 is 0 Å². The lowest BCUT2D eigenvalue weighted by Gasteiger charge is -2.24. The number of likely N-dealkylation sites (N-methyl/N-ethyl adjacent to an activating group) is 1. The van der Waals surface area contributed by atoms with Gasteiger partial charge in [0.05, 0.1) is 6.61 Å². The fraction of sp³-hybridized carbons (Fsp3) is 0.471. The Morgan fingerprint density at radius 1 is 1.24 bits per heavy atom. The summed E-state index contributed by atoms with van der Waals surface area (Å²) in [6.07, 6.45) is 11.0. The molecule has 0 aromatic heterocycles. The molecule has 0 saturated heterocycles. The second-order valence-corrected chi connectivity index (χ2v) is 5.49. The first-order valence-electron chi connectivity index (χ1n) is 7.76. The Morgan fingerprint density at radius 2 is 2.00 bits per heavy atom. The highest BCUT2D eigenvalue weighted by molar-refractivity contribution is 5.71. The van der Waals surface area contributed by atoms with E-state index in [1.54, 1.807) is 18.0 Å². The van der Waals surface area contributed by atoms with Crippen LogP contribution in [-0.2, 0) is 4.74 Å². The van der Waals surface area contributed by atoms with Gasteiger partial charge in [-0.15, -0.1) is 0 Å². The van der Waals surface area contributed by atoms with E-state index < -0.39 is 0 Å². The average molecular weight is 286 g/mol. The largest absolute Gasteiger partial charge is 0.449 e. The van der Waals surface area contributed by atoms with E-state index in [0.29, 0.717) is 6.61 Å². The van der Waals surface area contributed by atoms with Crippen molar-refractivity contribution in [2.45, 2.75) is 33.1 Å². The predicted molar refractivity (Wildman–Crippen MR) is 82.3 cm³/mol. The van der Waals surface area contributed by atoms with Crippen LogP contribution in [0.25, 0.3) is 0 Å². The monoisotopic (exact) mass is 286 g/mol. The lowest BCUT2D eigenvalue weighted by molar-refractivity contribution is 0.133. The molecule has 4 nitrogen and oxygen atoms in total. The summed E-state index contributed by atoms with van der Waals surface area (Å²) in [6.45, 7) is 6.51. The van der Waals surface area contributed by atoms with Crippen molar-refractivity contribution in [1.29, 1.82) is 0 Å². The summed E-state index contributed by atoms with van der Waals surface area (Å²) in [5, 5.41) is 0. The highest BCUT2D eigenvalue weighted by Gasteiger charge is 2.30. The Labute approximate surface area is 126 Å². The van der Waals surface area contributed by atoms with Crippen molar-refractivity contribution in [2.75, 3.05) is 19.7 Å². The highest BCUT2D eigenvalue weighted by atomic mass is 16.5. The maximum atomic E-state index is 11.7. The molecule has 1 aliphatic carbocycles. The number of allylic oxidation sites excluding steroid dienone is 4. The minimum Gasteiger partial charge on any atom is -0.449 e. The van der Waals surface area contributed by atoms with Gasteiger partial charge < -0.3 is 9.64 Å². The molecule has 0 radical (unpaired) electrons. The molecule has 1 amide bonds. The van der Waals surface area contributed by atoms with Crippen molar-refractivity contribution < 1.29 is 9.53 Å². The maximum absolute atomic E-state index is 11.7. The van der Waals surface area contributed by atoms with E-state index in [1.165, 1.54) is 41.0 Å². The predicted octanol–water partition coefficient (Wildman–Crippen LogP) is 3.56. The fourth-order valence-corrected chi connectivity index (χ4v) is 3.30.